The van der Waals surface area contributed by atoms with Crippen LogP contribution in [0.1, 0.15) is 58.3 Å². The highest BCUT2D eigenvalue weighted by Gasteiger charge is 2.37. The van der Waals surface area contributed by atoms with Gasteiger partial charge >= 0.3 is 11.9 Å². The summed E-state index contributed by atoms with van der Waals surface area (Å²) >= 11 is 0. The van der Waals surface area contributed by atoms with Gasteiger partial charge in [-0.25, -0.2) is 0 Å². The average molecular weight is 228 g/mol. The second-order valence-electron chi connectivity index (χ2n) is 4.54. The molecule has 0 bridgehead atoms. The summed E-state index contributed by atoms with van der Waals surface area (Å²) in [5.74, 6) is -1.14. The molecule has 92 valence electrons. The molecule has 4 heteroatoms. The number of carboxylic acid groups (broad SMARTS) is 1. The van der Waals surface area contributed by atoms with Gasteiger partial charge in [-0.3, -0.25) is 9.59 Å². The number of rotatable bonds is 5. The largest absolute Gasteiger partial charge is 0.481 e. The minimum absolute atomic E-state index is 0.0531. The van der Waals surface area contributed by atoms with E-state index in [4.69, 9.17) is 9.84 Å². The van der Waals surface area contributed by atoms with Gasteiger partial charge in [0.05, 0.1) is 6.42 Å². The van der Waals surface area contributed by atoms with Crippen LogP contribution in [0.3, 0.4) is 0 Å². The summed E-state index contributed by atoms with van der Waals surface area (Å²) in [7, 11) is 0. The molecule has 4 nitrogen and oxygen atoms in total. The average Bonchev–Trinajstić information content (AvgIpc) is 2.17. The first-order valence-corrected chi connectivity index (χ1v) is 6.01. The Balaban J connectivity index is 2.62. The molecule has 0 aromatic carbocycles. The summed E-state index contributed by atoms with van der Waals surface area (Å²) in [4.78, 5) is 22.3. The first-order valence-electron chi connectivity index (χ1n) is 6.01. The van der Waals surface area contributed by atoms with E-state index in [1.165, 1.54) is 0 Å². The highest BCUT2D eigenvalue weighted by molar-refractivity contribution is 5.72. The lowest BCUT2D eigenvalue weighted by Gasteiger charge is -2.35. The zero-order valence-electron chi connectivity index (χ0n) is 9.83. The number of carbonyl (C=O) groups is 2. The van der Waals surface area contributed by atoms with E-state index in [0.717, 1.165) is 25.7 Å². The van der Waals surface area contributed by atoms with E-state index in [0.29, 0.717) is 19.3 Å². The van der Waals surface area contributed by atoms with Gasteiger partial charge in [0.15, 0.2) is 0 Å². The Kier molecular flexibility index (Phi) is 4.77. The Bertz CT molecular complexity index is 254. The van der Waals surface area contributed by atoms with Crippen molar-refractivity contribution in [2.75, 3.05) is 0 Å². The summed E-state index contributed by atoms with van der Waals surface area (Å²) in [5, 5.41) is 8.88. The molecule has 1 aliphatic carbocycles. The smallest absolute Gasteiger partial charge is 0.307 e. The van der Waals surface area contributed by atoms with Gasteiger partial charge in [0, 0.05) is 6.42 Å². The first kappa shape index (κ1) is 13.0. The van der Waals surface area contributed by atoms with E-state index in [-0.39, 0.29) is 12.4 Å². The number of hydrogen-bond acceptors (Lipinski definition) is 3. The van der Waals surface area contributed by atoms with Crippen LogP contribution in [0, 0.1) is 0 Å². The van der Waals surface area contributed by atoms with Crippen molar-refractivity contribution in [3.8, 4) is 0 Å². The molecule has 0 heterocycles. The maximum absolute atomic E-state index is 11.5. The molecule has 1 saturated carbocycles. The summed E-state index contributed by atoms with van der Waals surface area (Å²) in [6.45, 7) is 1.91. The van der Waals surface area contributed by atoms with Crippen molar-refractivity contribution in [3.63, 3.8) is 0 Å². The molecule has 0 spiro atoms. The third-order valence-electron chi connectivity index (χ3n) is 3.02. The number of aliphatic carboxylic acids is 1. The van der Waals surface area contributed by atoms with Crippen LogP contribution in [0.25, 0.3) is 0 Å². The molecule has 0 unspecified atom stereocenters. The van der Waals surface area contributed by atoms with E-state index in [9.17, 15) is 9.59 Å². The fraction of sp³-hybridized carbons (Fsp3) is 0.833. The number of esters is 1. The van der Waals surface area contributed by atoms with Gasteiger partial charge in [-0.2, -0.15) is 0 Å². The molecule has 16 heavy (non-hydrogen) atoms. The van der Waals surface area contributed by atoms with Gasteiger partial charge < -0.3 is 9.84 Å². The zero-order chi connectivity index (χ0) is 12.0. The van der Waals surface area contributed by atoms with Crippen LogP contribution in [0.2, 0.25) is 0 Å². The Morgan fingerprint density at radius 2 is 1.88 bits per heavy atom. The number of ether oxygens (including phenoxy) is 1. The highest BCUT2D eigenvalue weighted by Crippen LogP contribution is 2.35. The summed E-state index contributed by atoms with van der Waals surface area (Å²) in [6, 6.07) is 0. The van der Waals surface area contributed by atoms with Gasteiger partial charge in [-0.15, -0.1) is 0 Å². The summed E-state index contributed by atoms with van der Waals surface area (Å²) < 4.78 is 5.41. The molecule has 0 radical (unpaired) electrons. The van der Waals surface area contributed by atoms with Crippen molar-refractivity contribution in [3.05, 3.63) is 0 Å². The number of hydrogen-bond donors (Lipinski definition) is 1. The molecular formula is C12H20O4. The molecule has 0 aromatic heterocycles. The lowest BCUT2D eigenvalue weighted by Crippen LogP contribution is -2.39. The molecule has 0 amide bonds. The molecule has 0 saturated heterocycles. The topological polar surface area (TPSA) is 63.6 Å². The van der Waals surface area contributed by atoms with E-state index in [1.54, 1.807) is 0 Å². The van der Waals surface area contributed by atoms with Gasteiger partial charge in [0.2, 0.25) is 0 Å². The minimum atomic E-state index is -0.883. The Hall–Kier alpha value is -1.06. The second kappa shape index (κ2) is 5.87. The first-order chi connectivity index (χ1) is 7.58. The van der Waals surface area contributed by atoms with Crippen LogP contribution in [0.15, 0.2) is 0 Å². The lowest BCUT2D eigenvalue weighted by molar-refractivity contribution is -0.168. The summed E-state index contributed by atoms with van der Waals surface area (Å²) in [6.07, 6.45) is 5.45. The molecule has 1 N–H and O–H groups in total. The Morgan fingerprint density at radius 3 is 2.38 bits per heavy atom. The van der Waals surface area contributed by atoms with Gasteiger partial charge in [-0.1, -0.05) is 13.3 Å². The van der Waals surface area contributed by atoms with E-state index in [2.05, 4.69) is 0 Å². The third kappa shape index (κ3) is 3.83. The van der Waals surface area contributed by atoms with Crippen LogP contribution >= 0.6 is 0 Å². The lowest BCUT2D eigenvalue weighted by atomic mass is 9.82. The SMILES string of the molecule is CCCC(=O)OC1(CC(=O)O)CCCCC1. The molecular weight excluding hydrogens is 208 g/mol. The zero-order valence-corrected chi connectivity index (χ0v) is 9.83. The quantitative estimate of drug-likeness (QED) is 0.734. The van der Waals surface area contributed by atoms with Crippen molar-refractivity contribution in [2.24, 2.45) is 0 Å². The third-order valence-corrected chi connectivity index (χ3v) is 3.02. The van der Waals surface area contributed by atoms with Crippen molar-refractivity contribution in [2.45, 2.75) is 63.9 Å². The van der Waals surface area contributed by atoms with Gasteiger partial charge in [-0.05, 0) is 32.1 Å². The maximum Gasteiger partial charge on any atom is 0.307 e. The van der Waals surface area contributed by atoms with E-state index in [1.807, 2.05) is 6.92 Å². The molecule has 0 aliphatic heterocycles. The molecule has 1 fully saturated rings. The molecule has 0 atom stereocenters. The van der Waals surface area contributed by atoms with Gasteiger partial charge in [0.25, 0.3) is 0 Å². The van der Waals surface area contributed by atoms with Crippen molar-refractivity contribution < 1.29 is 19.4 Å². The Morgan fingerprint density at radius 1 is 1.25 bits per heavy atom. The normalized spacial score (nSPS) is 19.1. The van der Waals surface area contributed by atoms with Crippen LogP contribution in [-0.2, 0) is 14.3 Å². The van der Waals surface area contributed by atoms with E-state index >= 15 is 0 Å². The standard InChI is InChI=1S/C12H20O4/c1-2-6-11(15)16-12(9-10(13)14)7-4-3-5-8-12/h2-9H2,1H3,(H,13,14). The van der Waals surface area contributed by atoms with Crippen LogP contribution < -0.4 is 0 Å². The Labute approximate surface area is 96.0 Å². The van der Waals surface area contributed by atoms with Crippen molar-refractivity contribution in [1.82, 2.24) is 0 Å². The monoisotopic (exact) mass is 228 g/mol. The number of carbonyl (C=O) groups excluding carboxylic acids is 1. The molecule has 1 rings (SSSR count). The predicted molar refractivity (Wildman–Crippen MR) is 59.1 cm³/mol. The molecule has 1 aliphatic rings. The maximum atomic E-state index is 11.5. The van der Waals surface area contributed by atoms with Crippen LogP contribution in [0.5, 0.6) is 0 Å². The highest BCUT2D eigenvalue weighted by atomic mass is 16.6. The summed E-state index contributed by atoms with van der Waals surface area (Å²) in [5.41, 5.74) is -0.726. The molecule has 0 aromatic rings. The van der Waals surface area contributed by atoms with Crippen molar-refractivity contribution in [1.29, 1.82) is 0 Å². The fourth-order valence-corrected chi connectivity index (χ4v) is 2.28. The predicted octanol–water partition coefficient (Wildman–Crippen LogP) is 2.51. The number of carboxylic acids is 1. The van der Waals surface area contributed by atoms with Crippen LogP contribution in [0.4, 0.5) is 0 Å². The fourth-order valence-electron chi connectivity index (χ4n) is 2.28. The second-order valence-corrected chi connectivity index (χ2v) is 4.54. The van der Waals surface area contributed by atoms with Gasteiger partial charge in [0.1, 0.15) is 5.60 Å². The van der Waals surface area contributed by atoms with Crippen LogP contribution in [-0.4, -0.2) is 22.6 Å². The van der Waals surface area contributed by atoms with E-state index < -0.39 is 11.6 Å². The minimum Gasteiger partial charge on any atom is -0.481 e. The van der Waals surface area contributed by atoms with Crippen molar-refractivity contribution >= 4 is 11.9 Å².